The Kier molecular flexibility index (Phi) is 5.77. The number of aryl methyl sites for hydroxylation is 2. The van der Waals surface area contributed by atoms with Crippen LogP contribution in [0.5, 0.6) is 0 Å². The van der Waals surface area contributed by atoms with E-state index in [0.717, 1.165) is 24.4 Å². The minimum atomic E-state index is -0.234. The van der Waals surface area contributed by atoms with Crippen molar-refractivity contribution in [1.82, 2.24) is 4.90 Å². The number of piperazine rings is 1. The number of carbonyl (C=O) groups excluding carboxylic acids is 2. The van der Waals surface area contributed by atoms with Gasteiger partial charge in [-0.15, -0.1) is 11.3 Å². The van der Waals surface area contributed by atoms with Crippen LogP contribution in [0.2, 0.25) is 0 Å². The molecule has 5 rings (SSSR count). The summed E-state index contributed by atoms with van der Waals surface area (Å²) in [5, 5.41) is 1.95. The zero-order chi connectivity index (χ0) is 22.9. The van der Waals surface area contributed by atoms with E-state index in [4.69, 9.17) is 0 Å². The molecule has 0 N–H and O–H groups in total. The number of amides is 2. The Morgan fingerprint density at radius 1 is 0.818 bits per heavy atom. The summed E-state index contributed by atoms with van der Waals surface area (Å²) in [7, 11) is 0. The molecule has 1 aromatic heterocycles. The second kappa shape index (κ2) is 8.87. The molecular formula is C27H27N3O2S. The Hall–Kier alpha value is -3.38. The Bertz CT molecular complexity index is 1210. The molecule has 3 heterocycles. The number of nitrogens with zero attached hydrogens (tertiary/aromatic N) is 3. The summed E-state index contributed by atoms with van der Waals surface area (Å²) in [5.41, 5.74) is 5.30. The van der Waals surface area contributed by atoms with Gasteiger partial charge in [-0.3, -0.25) is 9.59 Å². The minimum Gasteiger partial charge on any atom is -0.368 e. The molecule has 0 spiro atoms. The normalized spacial score (nSPS) is 16.8. The molecule has 2 amide bonds. The highest BCUT2D eigenvalue weighted by atomic mass is 32.1. The van der Waals surface area contributed by atoms with Crippen LogP contribution in [0.4, 0.5) is 11.4 Å². The van der Waals surface area contributed by atoms with Crippen molar-refractivity contribution in [2.24, 2.45) is 0 Å². The van der Waals surface area contributed by atoms with E-state index in [0.29, 0.717) is 30.0 Å². The highest BCUT2D eigenvalue weighted by molar-refractivity contribution is 7.11. The molecule has 5 nitrogen and oxygen atoms in total. The van der Waals surface area contributed by atoms with Crippen LogP contribution in [0.15, 0.2) is 71.7 Å². The number of thiophene rings is 1. The fourth-order valence-corrected chi connectivity index (χ4v) is 5.35. The summed E-state index contributed by atoms with van der Waals surface area (Å²) < 4.78 is 0. The molecule has 0 bridgehead atoms. The highest BCUT2D eigenvalue weighted by Gasteiger charge is 2.43. The molecule has 1 fully saturated rings. The van der Waals surface area contributed by atoms with Crippen LogP contribution < -0.4 is 9.80 Å². The molecule has 0 radical (unpaired) electrons. The van der Waals surface area contributed by atoms with Crippen LogP contribution in [0.1, 0.15) is 22.9 Å². The van der Waals surface area contributed by atoms with E-state index >= 15 is 0 Å². The van der Waals surface area contributed by atoms with E-state index in [1.807, 2.05) is 41.8 Å². The van der Waals surface area contributed by atoms with Crippen molar-refractivity contribution in [3.05, 3.63) is 87.7 Å². The van der Waals surface area contributed by atoms with Crippen molar-refractivity contribution < 1.29 is 9.59 Å². The number of imide groups is 1. The summed E-state index contributed by atoms with van der Waals surface area (Å²) >= 11 is 1.50. The van der Waals surface area contributed by atoms with Crippen LogP contribution in [-0.4, -0.2) is 42.9 Å². The van der Waals surface area contributed by atoms with E-state index in [1.165, 1.54) is 33.1 Å². The zero-order valence-electron chi connectivity index (χ0n) is 19.0. The lowest BCUT2D eigenvalue weighted by molar-refractivity contribution is -0.120. The lowest BCUT2D eigenvalue weighted by Crippen LogP contribution is -2.47. The first-order chi connectivity index (χ1) is 16.1. The molecule has 6 heteroatoms. The predicted octanol–water partition coefficient (Wildman–Crippen LogP) is 4.73. The van der Waals surface area contributed by atoms with E-state index in [9.17, 15) is 9.59 Å². The summed E-state index contributed by atoms with van der Waals surface area (Å²) in [6.07, 6.45) is 0.914. The molecule has 1 saturated heterocycles. The van der Waals surface area contributed by atoms with Crippen molar-refractivity contribution in [2.75, 3.05) is 36.0 Å². The molecule has 0 unspecified atom stereocenters. The van der Waals surface area contributed by atoms with Crippen molar-refractivity contribution in [2.45, 2.75) is 20.3 Å². The van der Waals surface area contributed by atoms with Crippen LogP contribution in [0.3, 0.4) is 0 Å². The van der Waals surface area contributed by atoms with E-state index < -0.39 is 0 Å². The maximum Gasteiger partial charge on any atom is 0.282 e. The number of hydrogen-bond acceptors (Lipinski definition) is 5. The summed E-state index contributed by atoms with van der Waals surface area (Å²) in [6.45, 7) is 7.18. The second-order valence-corrected chi connectivity index (χ2v) is 9.43. The number of rotatable bonds is 5. The molecule has 3 aromatic rings. The van der Waals surface area contributed by atoms with Gasteiger partial charge < -0.3 is 9.80 Å². The molecule has 168 valence electrons. The standard InChI is InChI=1S/C27H27N3O2S/c1-3-20-9-11-21(12-10-20)30-26(31)24(23-8-5-17-33-23)25(27(30)32)29-15-13-28(14-16-29)22-7-4-6-19(2)18-22/h4-12,17-18H,3,13-16H2,1-2H3. The summed E-state index contributed by atoms with van der Waals surface area (Å²) in [6, 6.07) is 20.1. The third-order valence-corrected chi connectivity index (χ3v) is 7.28. The lowest BCUT2D eigenvalue weighted by atomic mass is 10.1. The fraction of sp³-hybridized carbons (Fsp3) is 0.259. The maximum atomic E-state index is 13.7. The van der Waals surface area contributed by atoms with Gasteiger partial charge in [-0.1, -0.05) is 37.3 Å². The van der Waals surface area contributed by atoms with Crippen LogP contribution in [0.25, 0.3) is 5.57 Å². The maximum absolute atomic E-state index is 13.7. The van der Waals surface area contributed by atoms with Gasteiger partial charge in [0, 0.05) is 36.7 Å². The predicted molar refractivity (Wildman–Crippen MR) is 135 cm³/mol. The Labute approximate surface area is 198 Å². The Morgan fingerprint density at radius 2 is 1.55 bits per heavy atom. The number of hydrogen-bond donors (Lipinski definition) is 0. The second-order valence-electron chi connectivity index (χ2n) is 8.48. The van der Waals surface area contributed by atoms with Crippen molar-refractivity contribution in [1.29, 1.82) is 0 Å². The van der Waals surface area contributed by atoms with Gasteiger partial charge in [0.05, 0.1) is 11.3 Å². The van der Waals surface area contributed by atoms with Gasteiger partial charge in [0.2, 0.25) is 0 Å². The minimum absolute atomic E-state index is 0.225. The molecule has 0 aliphatic carbocycles. The first-order valence-electron chi connectivity index (χ1n) is 11.4. The summed E-state index contributed by atoms with van der Waals surface area (Å²) in [4.78, 5) is 33.9. The third kappa shape index (κ3) is 3.95. The van der Waals surface area contributed by atoms with Gasteiger partial charge in [0.25, 0.3) is 11.8 Å². The van der Waals surface area contributed by atoms with Gasteiger partial charge in [-0.25, -0.2) is 4.90 Å². The number of carbonyl (C=O) groups is 2. The Balaban J connectivity index is 1.45. The first kappa shape index (κ1) is 21.5. The molecule has 2 aromatic carbocycles. The highest BCUT2D eigenvalue weighted by Crippen LogP contribution is 2.37. The van der Waals surface area contributed by atoms with Crippen LogP contribution in [0, 0.1) is 6.92 Å². The van der Waals surface area contributed by atoms with Gasteiger partial charge in [0.1, 0.15) is 5.70 Å². The lowest BCUT2D eigenvalue weighted by Gasteiger charge is -2.37. The average molecular weight is 458 g/mol. The zero-order valence-corrected chi connectivity index (χ0v) is 19.8. The quantitative estimate of drug-likeness (QED) is 0.520. The van der Waals surface area contributed by atoms with Gasteiger partial charge in [-0.2, -0.15) is 0 Å². The smallest absolute Gasteiger partial charge is 0.282 e. The Morgan fingerprint density at radius 3 is 2.18 bits per heavy atom. The molecule has 0 atom stereocenters. The average Bonchev–Trinajstić information content (AvgIpc) is 3.45. The molecule has 2 aliphatic heterocycles. The monoisotopic (exact) mass is 457 g/mol. The van der Waals surface area contributed by atoms with E-state index in [-0.39, 0.29) is 11.8 Å². The molecule has 33 heavy (non-hydrogen) atoms. The number of benzene rings is 2. The molecule has 0 saturated carbocycles. The molecular weight excluding hydrogens is 430 g/mol. The van der Waals surface area contributed by atoms with Crippen LogP contribution >= 0.6 is 11.3 Å². The van der Waals surface area contributed by atoms with Gasteiger partial charge in [-0.05, 0) is 60.2 Å². The summed E-state index contributed by atoms with van der Waals surface area (Å²) in [5.74, 6) is -0.459. The van der Waals surface area contributed by atoms with Crippen molar-refractivity contribution in [3.8, 4) is 0 Å². The van der Waals surface area contributed by atoms with Crippen molar-refractivity contribution >= 4 is 40.1 Å². The van der Waals surface area contributed by atoms with Gasteiger partial charge in [0.15, 0.2) is 0 Å². The van der Waals surface area contributed by atoms with Crippen LogP contribution in [-0.2, 0) is 16.0 Å². The fourth-order valence-electron chi connectivity index (χ4n) is 4.58. The topological polar surface area (TPSA) is 43.9 Å². The first-order valence-corrected chi connectivity index (χ1v) is 12.3. The SMILES string of the molecule is CCc1ccc(N2C(=O)C(c3cccs3)=C(N3CCN(c4cccc(C)c4)CC3)C2=O)cc1. The number of anilines is 2. The molecule has 2 aliphatic rings. The van der Waals surface area contributed by atoms with Crippen molar-refractivity contribution in [3.63, 3.8) is 0 Å². The van der Waals surface area contributed by atoms with E-state index in [2.05, 4.69) is 47.9 Å². The van der Waals surface area contributed by atoms with E-state index in [1.54, 1.807) is 0 Å². The largest absolute Gasteiger partial charge is 0.368 e. The van der Waals surface area contributed by atoms with Gasteiger partial charge >= 0.3 is 0 Å². The third-order valence-electron chi connectivity index (χ3n) is 6.39.